The summed E-state index contributed by atoms with van der Waals surface area (Å²) in [7, 11) is 0. The number of hydrogen-bond acceptors (Lipinski definition) is 2. The van der Waals surface area contributed by atoms with Crippen molar-refractivity contribution in [1.29, 1.82) is 0 Å². The van der Waals surface area contributed by atoms with Gasteiger partial charge in [0.15, 0.2) is 0 Å². The fraction of sp³-hybridized carbons (Fsp3) is 0.111. The molecule has 0 bridgehead atoms. The molecule has 0 saturated heterocycles. The predicted molar refractivity (Wildman–Crippen MR) is 169 cm³/mol. The predicted octanol–water partition coefficient (Wildman–Crippen LogP) is 10.8. The van der Waals surface area contributed by atoms with E-state index >= 15 is 0 Å². The Bertz CT molecular complexity index is 1410. The molecule has 0 aliphatic rings. The highest BCUT2D eigenvalue weighted by atomic mass is 32.2. The average Bonchev–Trinajstić information content (AvgIpc) is 3.00. The van der Waals surface area contributed by atoms with Crippen LogP contribution in [0.2, 0.25) is 0 Å². The van der Waals surface area contributed by atoms with Crippen LogP contribution < -0.4 is 0 Å². The Hall–Kier alpha value is -3.46. The van der Waals surface area contributed by atoms with Gasteiger partial charge in [-0.1, -0.05) is 146 Å². The van der Waals surface area contributed by atoms with Gasteiger partial charge in [0.25, 0.3) is 0 Å². The van der Waals surface area contributed by atoms with E-state index in [-0.39, 0.29) is 0 Å². The van der Waals surface area contributed by atoms with Crippen molar-refractivity contribution in [2.45, 2.75) is 22.3 Å². The molecule has 2 atom stereocenters. The lowest BCUT2D eigenvalue weighted by Crippen LogP contribution is -1.99. The topological polar surface area (TPSA) is 0 Å². The molecule has 0 aliphatic heterocycles. The summed E-state index contributed by atoms with van der Waals surface area (Å²) in [4.78, 5) is 1.29. The maximum absolute atomic E-state index is 2.44. The van der Waals surface area contributed by atoms with Gasteiger partial charge in [-0.3, -0.25) is 0 Å². The molecule has 0 heterocycles. The molecule has 188 valence electrons. The van der Waals surface area contributed by atoms with Crippen LogP contribution in [-0.2, 0) is 0 Å². The van der Waals surface area contributed by atoms with E-state index in [2.05, 4.69) is 159 Å². The summed E-state index contributed by atoms with van der Waals surface area (Å²) in [5, 5.41) is 0. The Morgan fingerprint density at radius 3 is 1.74 bits per heavy atom. The standard InChI is InChI=1S/C36H32S2/c1-28(29-14-6-2-7-15-29)35(32-18-10-4-11-19-32)26-27-37-36(38-34-20-12-5-13-21-34)33-24-22-31(23-25-33)30-16-8-3-9-17-30/h2-26,28,36H,27H2,1H3/b35-26-. The first-order valence-electron chi connectivity index (χ1n) is 13.1. The van der Waals surface area contributed by atoms with Crippen LogP contribution in [0.25, 0.3) is 16.7 Å². The second kappa shape index (κ2) is 13.4. The molecule has 38 heavy (non-hydrogen) atoms. The molecule has 0 aromatic heterocycles. The van der Waals surface area contributed by atoms with Crippen LogP contribution in [-0.4, -0.2) is 5.75 Å². The lowest BCUT2D eigenvalue weighted by molar-refractivity contribution is 0.987. The summed E-state index contributed by atoms with van der Waals surface area (Å²) < 4.78 is 0.294. The van der Waals surface area contributed by atoms with Gasteiger partial charge in [-0.15, -0.1) is 23.5 Å². The summed E-state index contributed by atoms with van der Waals surface area (Å²) in [5.74, 6) is 1.26. The van der Waals surface area contributed by atoms with Gasteiger partial charge in [-0.25, -0.2) is 0 Å². The van der Waals surface area contributed by atoms with Crippen molar-refractivity contribution in [3.05, 3.63) is 168 Å². The lowest BCUT2D eigenvalue weighted by atomic mass is 9.88. The van der Waals surface area contributed by atoms with Crippen molar-refractivity contribution >= 4 is 29.1 Å². The van der Waals surface area contributed by atoms with Crippen LogP contribution in [0.15, 0.2) is 157 Å². The third kappa shape index (κ3) is 6.89. The first-order chi connectivity index (χ1) is 18.8. The van der Waals surface area contributed by atoms with Gasteiger partial charge >= 0.3 is 0 Å². The fourth-order valence-electron chi connectivity index (χ4n) is 4.61. The Kier molecular flexibility index (Phi) is 9.20. The minimum absolute atomic E-state index is 0.294. The molecule has 5 aromatic rings. The Morgan fingerprint density at radius 2 is 1.11 bits per heavy atom. The van der Waals surface area contributed by atoms with Gasteiger partial charge in [0, 0.05) is 16.6 Å². The molecule has 0 radical (unpaired) electrons. The molecule has 0 aliphatic carbocycles. The van der Waals surface area contributed by atoms with Crippen molar-refractivity contribution < 1.29 is 0 Å². The maximum Gasteiger partial charge on any atom is 0.0801 e. The molecular formula is C36H32S2. The van der Waals surface area contributed by atoms with Crippen molar-refractivity contribution in [2.24, 2.45) is 0 Å². The third-order valence-electron chi connectivity index (χ3n) is 6.70. The molecule has 0 saturated carbocycles. The van der Waals surface area contributed by atoms with Crippen molar-refractivity contribution in [3.8, 4) is 11.1 Å². The van der Waals surface area contributed by atoms with E-state index in [1.165, 1.54) is 38.3 Å². The quantitative estimate of drug-likeness (QED) is 0.131. The smallest absolute Gasteiger partial charge is 0.0801 e. The number of hydrogen-bond donors (Lipinski definition) is 0. The fourth-order valence-corrected chi connectivity index (χ4v) is 7.10. The maximum atomic E-state index is 2.44. The largest absolute Gasteiger partial charge is 0.138 e. The van der Waals surface area contributed by atoms with Crippen LogP contribution in [0.1, 0.15) is 34.1 Å². The van der Waals surface area contributed by atoms with Crippen LogP contribution in [0.5, 0.6) is 0 Å². The molecular weight excluding hydrogens is 497 g/mol. The lowest BCUT2D eigenvalue weighted by Gasteiger charge is -2.20. The first kappa shape index (κ1) is 26.2. The summed E-state index contributed by atoms with van der Waals surface area (Å²) in [6, 6.07) is 52.1. The minimum Gasteiger partial charge on any atom is -0.138 e. The van der Waals surface area contributed by atoms with Gasteiger partial charge < -0.3 is 0 Å². The monoisotopic (exact) mass is 528 g/mol. The van der Waals surface area contributed by atoms with E-state index in [0.29, 0.717) is 10.5 Å². The molecule has 5 rings (SSSR count). The Labute approximate surface area is 235 Å². The van der Waals surface area contributed by atoms with E-state index in [9.17, 15) is 0 Å². The van der Waals surface area contributed by atoms with Crippen molar-refractivity contribution in [1.82, 2.24) is 0 Å². The molecule has 2 heteroatoms. The van der Waals surface area contributed by atoms with E-state index < -0.39 is 0 Å². The Morgan fingerprint density at radius 1 is 0.579 bits per heavy atom. The van der Waals surface area contributed by atoms with E-state index in [1.54, 1.807) is 0 Å². The zero-order valence-corrected chi connectivity index (χ0v) is 23.2. The average molecular weight is 529 g/mol. The number of benzene rings is 5. The highest BCUT2D eigenvalue weighted by Gasteiger charge is 2.16. The molecule has 0 nitrogen and oxygen atoms in total. The first-order valence-corrected chi connectivity index (χ1v) is 15.0. The molecule has 2 unspecified atom stereocenters. The number of allylic oxidation sites excluding steroid dienone is 1. The normalized spacial score (nSPS) is 13.1. The molecule has 0 N–H and O–H groups in total. The molecule has 5 aromatic carbocycles. The van der Waals surface area contributed by atoms with Crippen LogP contribution in [0.4, 0.5) is 0 Å². The summed E-state index contributed by atoms with van der Waals surface area (Å²) in [5.41, 5.74) is 7.87. The number of thioether (sulfide) groups is 2. The zero-order chi connectivity index (χ0) is 26.0. The second-order valence-electron chi connectivity index (χ2n) is 9.24. The molecule has 0 spiro atoms. The van der Waals surface area contributed by atoms with Gasteiger partial charge in [0.05, 0.1) is 4.58 Å². The second-order valence-corrected chi connectivity index (χ2v) is 11.9. The van der Waals surface area contributed by atoms with E-state index in [0.717, 1.165) is 5.75 Å². The summed E-state index contributed by atoms with van der Waals surface area (Å²) in [6.07, 6.45) is 2.44. The van der Waals surface area contributed by atoms with Gasteiger partial charge in [0.2, 0.25) is 0 Å². The highest BCUT2D eigenvalue weighted by molar-refractivity contribution is 8.16. The SMILES string of the molecule is CC(/C(=C/CSC(Sc1ccccc1)c1ccc(-c2ccccc2)cc1)c1ccccc1)c1ccccc1. The van der Waals surface area contributed by atoms with E-state index in [1.807, 2.05) is 23.5 Å². The zero-order valence-electron chi connectivity index (χ0n) is 21.6. The van der Waals surface area contributed by atoms with Crippen LogP contribution in [0.3, 0.4) is 0 Å². The van der Waals surface area contributed by atoms with Crippen LogP contribution in [0, 0.1) is 0 Å². The molecule has 0 amide bonds. The highest BCUT2D eigenvalue weighted by Crippen LogP contribution is 2.44. The Balaban J connectivity index is 1.40. The third-order valence-corrected chi connectivity index (χ3v) is 9.36. The number of rotatable bonds is 10. The van der Waals surface area contributed by atoms with Gasteiger partial charge in [-0.05, 0) is 45.5 Å². The molecule has 0 fully saturated rings. The van der Waals surface area contributed by atoms with Crippen molar-refractivity contribution in [3.63, 3.8) is 0 Å². The van der Waals surface area contributed by atoms with Crippen molar-refractivity contribution in [2.75, 3.05) is 5.75 Å². The summed E-state index contributed by atoms with van der Waals surface area (Å²) in [6.45, 7) is 2.32. The van der Waals surface area contributed by atoms with E-state index in [4.69, 9.17) is 0 Å². The van der Waals surface area contributed by atoms with Gasteiger partial charge in [0.1, 0.15) is 0 Å². The minimum atomic E-state index is 0.294. The van der Waals surface area contributed by atoms with Crippen LogP contribution >= 0.6 is 23.5 Å². The van der Waals surface area contributed by atoms with Gasteiger partial charge in [-0.2, -0.15) is 0 Å². The summed E-state index contributed by atoms with van der Waals surface area (Å²) >= 11 is 3.92.